The molecule has 0 bridgehead atoms. The van der Waals surface area contributed by atoms with Gasteiger partial charge in [-0.15, -0.1) is 0 Å². The first kappa shape index (κ1) is 19.3. The van der Waals surface area contributed by atoms with E-state index in [9.17, 15) is 9.59 Å². The van der Waals surface area contributed by atoms with E-state index in [-0.39, 0.29) is 6.54 Å². The third kappa shape index (κ3) is 4.21. The molecule has 1 atom stereocenters. The zero-order valence-corrected chi connectivity index (χ0v) is 16.9. The van der Waals surface area contributed by atoms with Crippen molar-refractivity contribution in [2.75, 3.05) is 18.0 Å². The van der Waals surface area contributed by atoms with Crippen molar-refractivity contribution in [3.63, 3.8) is 0 Å². The highest BCUT2D eigenvalue weighted by Crippen LogP contribution is 2.35. The molecular weight excluding hydrogens is 374 g/mol. The second kappa shape index (κ2) is 7.42. The number of carbonyl (C=O) groups is 2. The van der Waals surface area contributed by atoms with Crippen LogP contribution in [0.1, 0.15) is 38.5 Å². The van der Waals surface area contributed by atoms with Crippen LogP contribution in [0.3, 0.4) is 0 Å². The number of fused-ring (bicyclic) bond motifs is 3. The summed E-state index contributed by atoms with van der Waals surface area (Å²) >= 11 is 0. The second-order valence-electron chi connectivity index (χ2n) is 8.36. The molecule has 8 nitrogen and oxygen atoms in total. The number of hydrogen-bond donors (Lipinski definition) is 1. The van der Waals surface area contributed by atoms with Crippen LogP contribution in [0.5, 0.6) is 0 Å². The molecule has 29 heavy (non-hydrogen) atoms. The van der Waals surface area contributed by atoms with Crippen LogP contribution >= 0.6 is 0 Å². The van der Waals surface area contributed by atoms with Gasteiger partial charge in [0, 0.05) is 17.7 Å². The van der Waals surface area contributed by atoms with E-state index in [1.807, 2.05) is 18.2 Å². The van der Waals surface area contributed by atoms with Gasteiger partial charge in [0.25, 0.3) is 0 Å². The van der Waals surface area contributed by atoms with Crippen molar-refractivity contribution in [3.8, 4) is 11.1 Å². The van der Waals surface area contributed by atoms with Crippen molar-refractivity contribution in [1.29, 1.82) is 0 Å². The van der Waals surface area contributed by atoms with Gasteiger partial charge in [-0.2, -0.15) is 0 Å². The van der Waals surface area contributed by atoms with Crippen molar-refractivity contribution < 1.29 is 23.6 Å². The van der Waals surface area contributed by atoms with Gasteiger partial charge < -0.3 is 19.3 Å². The third-order valence-electron chi connectivity index (χ3n) is 4.93. The Labute approximate surface area is 169 Å². The lowest BCUT2D eigenvalue weighted by Gasteiger charge is -2.20. The molecule has 0 spiro atoms. The molecular formula is C21H25N3O5. The fourth-order valence-electron chi connectivity index (χ4n) is 3.67. The number of rotatable bonds is 3. The number of ether oxygens (including phenoxy) is 2. The predicted octanol–water partition coefficient (Wildman–Crippen LogP) is 3.68. The lowest BCUT2D eigenvalue weighted by atomic mass is 9.99. The molecule has 4 rings (SSSR count). The molecule has 1 saturated heterocycles. The molecule has 0 saturated carbocycles. The maximum absolute atomic E-state index is 12.4. The molecule has 0 radical (unpaired) electrons. The highest BCUT2D eigenvalue weighted by atomic mass is 16.6. The Morgan fingerprint density at radius 1 is 1.31 bits per heavy atom. The third-order valence-corrected chi connectivity index (χ3v) is 4.93. The van der Waals surface area contributed by atoms with Gasteiger partial charge in [-0.05, 0) is 56.9 Å². The molecule has 8 heteroatoms. The first-order chi connectivity index (χ1) is 13.8. The van der Waals surface area contributed by atoms with E-state index in [4.69, 9.17) is 14.0 Å². The number of cyclic esters (lactones) is 1. The Balaban J connectivity index is 1.44. The van der Waals surface area contributed by atoms with Gasteiger partial charge in [0.1, 0.15) is 17.5 Å². The van der Waals surface area contributed by atoms with Crippen LogP contribution in [0.4, 0.5) is 15.3 Å². The van der Waals surface area contributed by atoms with Gasteiger partial charge in [-0.3, -0.25) is 4.90 Å². The summed E-state index contributed by atoms with van der Waals surface area (Å²) in [5.41, 5.74) is 3.49. The predicted molar refractivity (Wildman–Crippen MR) is 106 cm³/mol. The highest BCUT2D eigenvalue weighted by molar-refractivity contribution is 5.90. The minimum absolute atomic E-state index is 0.201. The topological polar surface area (TPSA) is 93.9 Å². The van der Waals surface area contributed by atoms with Gasteiger partial charge in [0.15, 0.2) is 0 Å². The van der Waals surface area contributed by atoms with E-state index in [1.54, 1.807) is 31.9 Å². The number of alkyl carbamates (subject to hydrolysis) is 1. The summed E-state index contributed by atoms with van der Waals surface area (Å²) in [6.07, 6.45) is 3.09. The van der Waals surface area contributed by atoms with Crippen LogP contribution in [0.25, 0.3) is 11.1 Å². The summed E-state index contributed by atoms with van der Waals surface area (Å²) in [4.78, 5) is 25.8. The first-order valence-corrected chi connectivity index (χ1v) is 9.82. The number of aromatic nitrogens is 1. The molecule has 1 fully saturated rings. The van der Waals surface area contributed by atoms with Gasteiger partial charge in [-0.25, -0.2) is 9.59 Å². The van der Waals surface area contributed by atoms with Crippen LogP contribution in [0, 0.1) is 0 Å². The van der Waals surface area contributed by atoms with E-state index in [0.29, 0.717) is 6.54 Å². The maximum Gasteiger partial charge on any atom is 0.414 e. The molecule has 1 aliphatic carbocycles. The molecule has 2 aliphatic rings. The summed E-state index contributed by atoms with van der Waals surface area (Å²) in [6.45, 7) is 5.96. The lowest BCUT2D eigenvalue weighted by molar-refractivity contribution is 0.0496. The van der Waals surface area contributed by atoms with Crippen LogP contribution < -0.4 is 10.2 Å². The molecule has 1 aliphatic heterocycles. The smallest absolute Gasteiger partial charge is 0.414 e. The van der Waals surface area contributed by atoms with E-state index in [1.165, 1.54) is 0 Å². The minimum Gasteiger partial charge on any atom is -0.444 e. The van der Waals surface area contributed by atoms with E-state index < -0.39 is 23.9 Å². The average Bonchev–Trinajstić information content (AvgIpc) is 3.21. The van der Waals surface area contributed by atoms with Crippen LogP contribution in [-0.2, 0) is 22.3 Å². The van der Waals surface area contributed by atoms with Crippen LogP contribution in [0.15, 0.2) is 28.9 Å². The molecule has 154 valence electrons. The van der Waals surface area contributed by atoms with Crippen molar-refractivity contribution in [2.45, 2.75) is 51.7 Å². The number of nitrogens with one attached hydrogen (secondary N) is 1. The standard InChI is InChI=1S/C21H25N3O5/c1-21(2,3)28-19(25)22-10-15-12-24(20(26)27-15)14-7-8-16-13(9-14)5-4-6-18-17(16)11-23-29-18/h7-9,11,15H,4-6,10,12H2,1-3H3,(H,22,25)/t15-/m0/s1. The van der Waals surface area contributed by atoms with Gasteiger partial charge in [-0.1, -0.05) is 11.2 Å². The quantitative estimate of drug-likeness (QED) is 0.846. The summed E-state index contributed by atoms with van der Waals surface area (Å²) in [5, 5.41) is 6.58. The van der Waals surface area contributed by atoms with Gasteiger partial charge in [0.2, 0.25) is 0 Å². The Morgan fingerprint density at radius 2 is 2.14 bits per heavy atom. The summed E-state index contributed by atoms with van der Waals surface area (Å²) < 4.78 is 16.0. The number of carbonyl (C=O) groups excluding carboxylic acids is 2. The largest absolute Gasteiger partial charge is 0.444 e. The molecule has 1 aromatic carbocycles. The molecule has 0 unspecified atom stereocenters. The van der Waals surface area contributed by atoms with Crippen molar-refractivity contribution in [3.05, 3.63) is 35.7 Å². The zero-order valence-electron chi connectivity index (χ0n) is 16.9. The zero-order chi connectivity index (χ0) is 20.6. The molecule has 2 heterocycles. The monoisotopic (exact) mass is 399 g/mol. The SMILES string of the molecule is CC(C)(C)OC(=O)NC[C@H]1CN(c2ccc3c(c2)CCCc2oncc2-3)C(=O)O1. The van der Waals surface area contributed by atoms with Crippen LogP contribution in [-0.4, -0.2) is 42.1 Å². The number of anilines is 1. The lowest BCUT2D eigenvalue weighted by Crippen LogP contribution is -2.38. The molecule has 1 aromatic heterocycles. The second-order valence-corrected chi connectivity index (χ2v) is 8.36. The highest BCUT2D eigenvalue weighted by Gasteiger charge is 2.33. The minimum atomic E-state index is -0.575. The Bertz CT molecular complexity index is 931. The Morgan fingerprint density at radius 3 is 2.93 bits per heavy atom. The molecule has 2 amide bonds. The van der Waals surface area contributed by atoms with Crippen molar-refractivity contribution >= 4 is 17.9 Å². The van der Waals surface area contributed by atoms with E-state index in [2.05, 4.69) is 10.5 Å². The molecule has 1 N–H and O–H groups in total. The maximum atomic E-state index is 12.4. The van der Waals surface area contributed by atoms with Crippen LogP contribution in [0.2, 0.25) is 0 Å². The van der Waals surface area contributed by atoms with Gasteiger partial charge in [0.05, 0.1) is 19.3 Å². The summed E-state index contributed by atoms with van der Waals surface area (Å²) in [5.74, 6) is 0.908. The fourth-order valence-corrected chi connectivity index (χ4v) is 3.67. The average molecular weight is 399 g/mol. The summed E-state index contributed by atoms with van der Waals surface area (Å²) in [7, 11) is 0. The van der Waals surface area contributed by atoms with E-state index in [0.717, 1.165) is 47.4 Å². The number of hydrogen-bond acceptors (Lipinski definition) is 6. The number of amides is 2. The van der Waals surface area contributed by atoms with E-state index >= 15 is 0 Å². The summed E-state index contributed by atoms with van der Waals surface area (Å²) in [6, 6.07) is 5.94. The normalized spacial score (nSPS) is 18.5. The Hall–Kier alpha value is -3.03. The number of nitrogens with zero attached hydrogens (tertiary/aromatic N) is 2. The fraction of sp³-hybridized carbons (Fsp3) is 0.476. The van der Waals surface area contributed by atoms with Gasteiger partial charge >= 0.3 is 12.2 Å². The van der Waals surface area contributed by atoms with Crippen molar-refractivity contribution in [1.82, 2.24) is 10.5 Å². The Kier molecular flexibility index (Phi) is 4.94. The number of benzene rings is 1. The van der Waals surface area contributed by atoms with Crippen molar-refractivity contribution in [2.24, 2.45) is 0 Å². The first-order valence-electron chi connectivity index (χ1n) is 9.82. The number of aryl methyl sites for hydroxylation is 2. The molecule has 2 aromatic rings.